The summed E-state index contributed by atoms with van der Waals surface area (Å²) >= 11 is 0. The van der Waals surface area contributed by atoms with Crippen molar-refractivity contribution >= 4 is 10.9 Å². The first-order chi connectivity index (χ1) is 12.3. The maximum Gasteiger partial charge on any atom is 0.119 e. The van der Waals surface area contributed by atoms with Crippen molar-refractivity contribution in [2.24, 2.45) is 5.73 Å². The van der Waals surface area contributed by atoms with Crippen LogP contribution < -0.4 is 10.5 Å². The highest BCUT2D eigenvalue weighted by Gasteiger charge is 2.13. The zero-order chi connectivity index (χ0) is 17.6. The molecule has 3 aromatic rings. The Balaban J connectivity index is 2.03. The van der Waals surface area contributed by atoms with Gasteiger partial charge in [0.2, 0.25) is 0 Å². The van der Waals surface area contributed by atoms with Gasteiger partial charge in [0.15, 0.2) is 0 Å². The van der Waals surface area contributed by atoms with E-state index in [1.807, 2.05) is 19.1 Å². The van der Waals surface area contributed by atoms with Crippen molar-refractivity contribution < 1.29 is 4.74 Å². The molecule has 0 atom stereocenters. The van der Waals surface area contributed by atoms with Crippen LogP contribution in [-0.2, 0) is 12.8 Å². The SMILES string of the molecule is CCOc1ccc(-c2[nH]c3ccc(CC)cc3c2CCCCN)cc1. The number of benzene rings is 2. The third-order valence-electron chi connectivity index (χ3n) is 4.71. The number of rotatable bonds is 8. The van der Waals surface area contributed by atoms with E-state index < -0.39 is 0 Å². The highest BCUT2D eigenvalue weighted by atomic mass is 16.5. The summed E-state index contributed by atoms with van der Waals surface area (Å²) in [5, 5.41) is 1.35. The van der Waals surface area contributed by atoms with Gasteiger partial charge >= 0.3 is 0 Å². The number of unbranched alkanes of at least 4 members (excludes halogenated alkanes) is 1. The molecule has 0 aliphatic heterocycles. The van der Waals surface area contributed by atoms with Crippen LogP contribution in [0, 0.1) is 0 Å². The van der Waals surface area contributed by atoms with Gasteiger partial charge in [-0.25, -0.2) is 0 Å². The predicted octanol–water partition coefficient (Wildman–Crippen LogP) is 5.08. The molecule has 3 N–H and O–H groups in total. The van der Waals surface area contributed by atoms with Gasteiger partial charge in [-0.3, -0.25) is 0 Å². The van der Waals surface area contributed by atoms with E-state index >= 15 is 0 Å². The summed E-state index contributed by atoms with van der Waals surface area (Å²) in [6.45, 7) is 5.65. The summed E-state index contributed by atoms with van der Waals surface area (Å²) in [6, 6.07) is 15.1. The molecule has 1 heterocycles. The molecule has 0 aliphatic carbocycles. The zero-order valence-corrected chi connectivity index (χ0v) is 15.3. The van der Waals surface area contributed by atoms with Crippen LogP contribution in [0.1, 0.15) is 37.8 Å². The smallest absolute Gasteiger partial charge is 0.119 e. The van der Waals surface area contributed by atoms with Crippen LogP contribution in [-0.4, -0.2) is 18.1 Å². The minimum Gasteiger partial charge on any atom is -0.494 e. The molecular weight excluding hydrogens is 308 g/mol. The normalized spacial score (nSPS) is 11.2. The first-order valence-corrected chi connectivity index (χ1v) is 9.33. The van der Waals surface area contributed by atoms with Gasteiger partial charge in [-0.05, 0) is 92.2 Å². The fraction of sp³-hybridized carbons (Fsp3) is 0.364. The quantitative estimate of drug-likeness (QED) is 0.564. The number of hydrogen-bond donors (Lipinski definition) is 2. The molecule has 0 saturated carbocycles. The van der Waals surface area contributed by atoms with Gasteiger partial charge in [0.1, 0.15) is 5.75 Å². The largest absolute Gasteiger partial charge is 0.494 e. The number of aryl methyl sites for hydroxylation is 2. The second kappa shape index (κ2) is 8.21. The fourth-order valence-corrected chi connectivity index (χ4v) is 3.35. The number of nitrogens with one attached hydrogen (secondary N) is 1. The lowest BCUT2D eigenvalue weighted by Crippen LogP contribution is -1.99. The molecule has 1 aromatic heterocycles. The van der Waals surface area contributed by atoms with Crippen LogP contribution in [0.2, 0.25) is 0 Å². The summed E-state index contributed by atoms with van der Waals surface area (Å²) in [6.07, 6.45) is 4.28. The number of aromatic amines is 1. The Hall–Kier alpha value is -2.26. The molecule has 3 nitrogen and oxygen atoms in total. The summed E-state index contributed by atoms with van der Waals surface area (Å²) in [5.74, 6) is 0.917. The number of ether oxygens (including phenoxy) is 1. The number of H-pyrrole nitrogens is 1. The second-order valence-electron chi connectivity index (χ2n) is 6.42. The molecule has 2 aromatic carbocycles. The van der Waals surface area contributed by atoms with E-state index in [2.05, 4.69) is 42.2 Å². The molecule has 0 unspecified atom stereocenters. The Bertz CT molecular complexity index is 818. The molecule has 3 rings (SSSR count). The maximum atomic E-state index is 5.70. The third-order valence-corrected chi connectivity index (χ3v) is 4.71. The van der Waals surface area contributed by atoms with Gasteiger partial charge in [-0.15, -0.1) is 0 Å². The van der Waals surface area contributed by atoms with Crippen molar-refractivity contribution in [3.05, 3.63) is 53.6 Å². The van der Waals surface area contributed by atoms with Crippen molar-refractivity contribution in [1.29, 1.82) is 0 Å². The Morgan fingerprint density at radius 3 is 2.48 bits per heavy atom. The van der Waals surface area contributed by atoms with Crippen LogP contribution in [0.15, 0.2) is 42.5 Å². The minimum atomic E-state index is 0.690. The van der Waals surface area contributed by atoms with Gasteiger partial charge in [0.25, 0.3) is 0 Å². The highest BCUT2D eigenvalue weighted by molar-refractivity contribution is 5.91. The van der Waals surface area contributed by atoms with Crippen LogP contribution in [0.5, 0.6) is 5.75 Å². The maximum absolute atomic E-state index is 5.70. The first kappa shape index (κ1) is 17.6. The Morgan fingerprint density at radius 2 is 1.80 bits per heavy atom. The summed E-state index contributed by atoms with van der Waals surface area (Å²) in [7, 11) is 0. The van der Waals surface area contributed by atoms with Crippen LogP contribution in [0.3, 0.4) is 0 Å². The summed E-state index contributed by atoms with van der Waals surface area (Å²) < 4.78 is 5.57. The van der Waals surface area contributed by atoms with Crippen molar-refractivity contribution in [2.75, 3.05) is 13.2 Å². The van der Waals surface area contributed by atoms with Gasteiger partial charge in [0, 0.05) is 16.6 Å². The average molecular weight is 336 g/mol. The molecule has 0 amide bonds. The highest BCUT2D eigenvalue weighted by Crippen LogP contribution is 2.33. The number of fused-ring (bicyclic) bond motifs is 1. The first-order valence-electron chi connectivity index (χ1n) is 9.33. The standard InChI is InChI=1S/C22H28N2O/c1-3-16-8-13-21-20(15-16)19(7-5-6-14-23)22(24-21)17-9-11-18(12-10-17)25-4-2/h8-13,15,24H,3-7,14,23H2,1-2H3. The van der Waals surface area contributed by atoms with E-state index in [-0.39, 0.29) is 0 Å². The lowest BCUT2D eigenvalue weighted by Gasteiger charge is -2.07. The predicted molar refractivity (Wildman–Crippen MR) is 106 cm³/mol. The lowest BCUT2D eigenvalue weighted by atomic mass is 9.99. The van der Waals surface area contributed by atoms with E-state index in [1.54, 1.807) is 0 Å². The fourth-order valence-electron chi connectivity index (χ4n) is 3.35. The summed E-state index contributed by atoms with van der Waals surface area (Å²) in [4.78, 5) is 3.64. The average Bonchev–Trinajstić information content (AvgIpc) is 3.00. The topological polar surface area (TPSA) is 51.0 Å². The molecule has 0 fully saturated rings. The van der Waals surface area contributed by atoms with E-state index in [9.17, 15) is 0 Å². The summed E-state index contributed by atoms with van der Waals surface area (Å²) in [5.41, 5.74) is 12.1. The van der Waals surface area contributed by atoms with Crippen LogP contribution in [0.4, 0.5) is 0 Å². The van der Waals surface area contributed by atoms with Crippen molar-refractivity contribution in [2.45, 2.75) is 39.5 Å². The molecule has 0 bridgehead atoms. The Labute approximate surface area is 150 Å². The van der Waals surface area contributed by atoms with E-state index in [0.29, 0.717) is 6.61 Å². The third kappa shape index (κ3) is 3.88. The second-order valence-corrected chi connectivity index (χ2v) is 6.42. The monoisotopic (exact) mass is 336 g/mol. The van der Waals surface area contributed by atoms with Crippen molar-refractivity contribution in [1.82, 2.24) is 4.98 Å². The molecule has 0 saturated heterocycles. The van der Waals surface area contributed by atoms with Crippen LogP contribution in [0.25, 0.3) is 22.2 Å². The molecule has 0 aliphatic rings. The molecule has 132 valence electrons. The van der Waals surface area contributed by atoms with Crippen molar-refractivity contribution in [3.8, 4) is 17.0 Å². The molecule has 25 heavy (non-hydrogen) atoms. The molecule has 0 spiro atoms. The number of aromatic nitrogens is 1. The zero-order valence-electron chi connectivity index (χ0n) is 15.3. The van der Waals surface area contributed by atoms with Gasteiger partial charge in [0.05, 0.1) is 6.61 Å². The van der Waals surface area contributed by atoms with Gasteiger partial charge in [-0.1, -0.05) is 13.0 Å². The number of nitrogens with two attached hydrogens (primary N) is 1. The van der Waals surface area contributed by atoms with E-state index in [1.165, 1.54) is 33.3 Å². The molecule has 3 heteroatoms. The minimum absolute atomic E-state index is 0.690. The van der Waals surface area contributed by atoms with Crippen LogP contribution >= 0.6 is 0 Å². The van der Waals surface area contributed by atoms with Crippen molar-refractivity contribution in [3.63, 3.8) is 0 Å². The number of hydrogen-bond acceptors (Lipinski definition) is 2. The molecule has 0 radical (unpaired) electrons. The lowest BCUT2D eigenvalue weighted by molar-refractivity contribution is 0.340. The van der Waals surface area contributed by atoms with E-state index in [4.69, 9.17) is 10.5 Å². The molecular formula is C22H28N2O. The van der Waals surface area contributed by atoms with Gasteiger partial charge in [-0.2, -0.15) is 0 Å². The Kier molecular flexibility index (Phi) is 5.77. The van der Waals surface area contributed by atoms with Gasteiger partial charge < -0.3 is 15.5 Å². The Morgan fingerprint density at radius 1 is 1.00 bits per heavy atom. The van der Waals surface area contributed by atoms with E-state index in [0.717, 1.165) is 38.0 Å².